The molecule has 0 amide bonds. The van der Waals surface area contributed by atoms with Crippen molar-refractivity contribution in [2.75, 3.05) is 6.61 Å². The lowest BCUT2D eigenvalue weighted by atomic mass is 9.94. The highest BCUT2D eigenvalue weighted by molar-refractivity contribution is 9.10. The summed E-state index contributed by atoms with van der Waals surface area (Å²) in [7, 11) is 0. The number of rotatable bonds is 1. The van der Waals surface area contributed by atoms with Gasteiger partial charge in [-0.15, -0.1) is 0 Å². The maximum absolute atomic E-state index is 13.6. The molecule has 2 heterocycles. The van der Waals surface area contributed by atoms with Crippen LogP contribution in [0.4, 0.5) is 4.39 Å². The number of fused-ring (bicyclic) bond motifs is 2. The Kier molecular flexibility index (Phi) is 2.94. The summed E-state index contributed by atoms with van der Waals surface area (Å²) in [6.45, 7) is 2.05. The lowest BCUT2D eigenvalue weighted by Gasteiger charge is -2.26. The van der Waals surface area contributed by atoms with Crippen molar-refractivity contribution in [1.82, 2.24) is 0 Å². The van der Waals surface area contributed by atoms with Gasteiger partial charge in [-0.2, -0.15) is 10.5 Å². The summed E-state index contributed by atoms with van der Waals surface area (Å²) in [5.74, 6) is -2.61. The SMILES string of the molecule is C[C@@H]1CO[C@@]2(N=C(N)[C@@]3(C#N)[C@@H](c4ccc(F)c(Br)c4)[C@@]23C#N)O1. The third-order valence-corrected chi connectivity index (χ3v) is 5.69. The minimum absolute atomic E-state index is 0.0195. The number of halogens is 2. The Morgan fingerprint density at radius 1 is 1.42 bits per heavy atom. The Hall–Kier alpha value is -2.00. The quantitative estimate of drug-likeness (QED) is 0.790. The fourth-order valence-electron chi connectivity index (χ4n) is 4.05. The number of hydrogen-bond acceptors (Lipinski definition) is 6. The monoisotopic (exact) mass is 390 g/mol. The van der Waals surface area contributed by atoms with E-state index >= 15 is 0 Å². The van der Waals surface area contributed by atoms with Crippen LogP contribution in [0.3, 0.4) is 0 Å². The highest BCUT2D eigenvalue weighted by atomic mass is 79.9. The van der Waals surface area contributed by atoms with E-state index in [1.807, 2.05) is 0 Å². The third-order valence-electron chi connectivity index (χ3n) is 5.08. The van der Waals surface area contributed by atoms with Gasteiger partial charge in [0.1, 0.15) is 17.1 Å². The molecule has 2 aliphatic heterocycles. The second-order valence-corrected chi connectivity index (χ2v) is 7.12. The largest absolute Gasteiger partial charge is 0.386 e. The van der Waals surface area contributed by atoms with Gasteiger partial charge in [0.25, 0.3) is 5.91 Å². The topological polar surface area (TPSA) is 104 Å². The third kappa shape index (κ3) is 1.43. The van der Waals surface area contributed by atoms with Crippen LogP contribution in [0.1, 0.15) is 18.4 Å². The van der Waals surface area contributed by atoms with E-state index in [4.69, 9.17) is 15.2 Å². The van der Waals surface area contributed by atoms with Gasteiger partial charge < -0.3 is 15.2 Å². The molecule has 4 rings (SSSR count). The van der Waals surface area contributed by atoms with Crippen LogP contribution >= 0.6 is 15.9 Å². The number of nitriles is 2. The number of amidine groups is 1. The lowest BCUT2D eigenvalue weighted by molar-refractivity contribution is -0.193. The smallest absolute Gasteiger partial charge is 0.293 e. The molecular formula is C16H12BrFN4O2. The first-order valence-electron chi connectivity index (χ1n) is 7.33. The molecule has 2 N–H and O–H groups in total. The van der Waals surface area contributed by atoms with E-state index < -0.39 is 28.5 Å². The molecule has 122 valence electrons. The molecule has 0 unspecified atom stereocenters. The predicted molar refractivity (Wildman–Crippen MR) is 83.8 cm³/mol. The Bertz CT molecular complexity index is 878. The number of nitrogens with zero attached hydrogens (tertiary/aromatic N) is 3. The second kappa shape index (κ2) is 4.54. The van der Waals surface area contributed by atoms with Crippen LogP contribution in [-0.4, -0.2) is 24.5 Å². The highest BCUT2D eigenvalue weighted by Gasteiger charge is 2.94. The van der Waals surface area contributed by atoms with E-state index in [1.165, 1.54) is 6.07 Å². The molecule has 24 heavy (non-hydrogen) atoms. The Balaban J connectivity index is 1.92. The number of nitrogens with two attached hydrogens (primary N) is 1. The molecule has 1 aliphatic carbocycles. The molecule has 3 aliphatic rings. The number of hydrogen-bond donors (Lipinski definition) is 1. The zero-order valence-corrected chi connectivity index (χ0v) is 14.2. The maximum atomic E-state index is 13.6. The van der Waals surface area contributed by atoms with Crippen molar-refractivity contribution in [3.05, 3.63) is 34.1 Å². The van der Waals surface area contributed by atoms with Gasteiger partial charge in [-0.05, 0) is 40.5 Å². The van der Waals surface area contributed by atoms with Crippen molar-refractivity contribution in [2.45, 2.75) is 24.9 Å². The lowest BCUT2D eigenvalue weighted by Crippen LogP contribution is -2.39. The molecule has 1 saturated carbocycles. The molecule has 2 fully saturated rings. The number of ether oxygens (including phenoxy) is 2. The predicted octanol–water partition coefficient (Wildman–Crippen LogP) is 2.17. The molecule has 0 bridgehead atoms. The van der Waals surface area contributed by atoms with Crippen molar-refractivity contribution in [3.8, 4) is 12.1 Å². The zero-order valence-electron chi connectivity index (χ0n) is 12.6. The summed E-state index contributed by atoms with van der Waals surface area (Å²) in [5, 5.41) is 19.8. The van der Waals surface area contributed by atoms with Crippen LogP contribution in [0, 0.1) is 39.3 Å². The first kappa shape index (κ1) is 15.5. The molecule has 1 aromatic carbocycles. The Labute approximate surface area is 145 Å². The normalized spacial score (nSPS) is 42.3. The molecule has 6 nitrogen and oxygen atoms in total. The van der Waals surface area contributed by atoms with Gasteiger partial charge in [0.05, 0.1) is 29.3 Å². The number of benzene rings is 1. The summed E-state index contributed by atoms with van der Waals surface area (Å²) in [6.07, 6.45) is -0.275. The van der Waals surface area contributed by atoms with Gasteiger partial charge in [-0.3, -0.25) is 0 Å². The van der Waals surface area contributed by atoms with Crippen LogP contribution in [0.5, 0.6) is 0 Å². The fraction of sp³-hybridized carbons (Fsp3) is 0.438. The van der Waals surface area contributed by atoms with Gasteiger partial charge in [0.2, 0.25) is 0 Å². The van der Waals surface area contributed by atoms with Gasteiger partial charge >= 0.3 is 0 Å². The first-order valence-corrected chi connectivity index (χ1v) is 8.13. The van der Waals surface area contributed by atoms with Crippen LogP contribution < -0.4 is 5.73 Å². The van der Waals surface area contributed by atoms with Crippen LogP contribution in [0.25, 0.3) is 0 Å². The molecule has 0 aromatic heterocycles. The molecule has 5 atom stereocenters. The van der Waals surface area contributed by atoms with E-state index in [0.29, 0.717) is 5.56 Å². The Morgan fingerprint density at radius 3 is 2.71 bits per heavy atom. The standard InChI is InChI=1S/C16H12BrFN4O2/c1-8-5-23-16(24-8)15(7-20)12(14(15,6-19)13(21)22-16)9-2-3-11(18)10(17)4-9/h2-4,8,12H,5H2,1H3,(H2,21,22)/t8-,12-,14-,15-,16-/m1/s1. The molecule has 1 aromatic rings. The van der Waals surface area contributed by atoms with Crippen LogP contribution in [-0.2, 0) is 9.47 Å². The second-order valence-electron chi connectivity index (χ2n) is 6.26. The van der Waals surface area contributed by atoms with Gasteiger partial charge in [-0.1, -0.05) is 6.07 Å². The van der Waals surface area contributed by atoms with E-state index in [9.17, 15) is 14.9 Å². The summed E-state index contributed by atoms with van der Waals surface area (Å²) in [5.41, 5.74) is 3.93. The van der Waals surface area contributed by atoms with E-state index in [1.54, 1.807) is 19.1 Å². The molecular weight excluding hydrogens is 379 g/mol. The van der Waals surface area contributed by atoms with Crippen LogP contribution in [0.2, 0.25) is 0 Å². The molecule has 1 saturated heterocycles. The van der Waals surface area contributed by atoms with Crippen molar-refractivity contribution in [3.63, 3.8) is 0 Å². The van der Waals surface area contributed by atoms with Gasteiger partial charge in [0.15, 0.2) is 5.41 Å². The van der Waals surface area contributed by atoms with E-state index in [0.717, 1.165) is 0 Å². The maximum Gasteiger partial charge on any atom is 0.293 e. The average Bonchev–Trinajstić information content (AvgIpc) is 2.95. The Morgan fingerprint density at radius 2 is 2.17 bits per heavy atom. The van der Waals surface area contributed by atoms with Gasteiger partial charge in [0, 0.05) is 5.92 Å². The molecule has 1 spiro atoms. The fourth-order valence-corrected chi connectivity index (χ4v) is 4.45. The average molecular weight is 391 g/mol. The molecule has 8 heteroatoms. The zero-order chi connectivity index (χ0) is 17.3. The summed E-state index contributed by atoms with van der Waals surface area (Å²) >= 11 is 3.14. The van der Waals surface area contributed by atoms with E-state index in [2.05, 4.69) is 33.1 Å². The minimum atomic E-state index is -1.59. The summed E-state index contributed by atoms with van der Waals surface area (Å²) < 4.78 is 25.4. The summed E-state index contributed by atoms with van der Waals surface area (Å²) in [6, 6.07) is 8.73. The van der Waals surface area contributed by atoms with Crippen molar-refractivity contribution in [2.24, 2.45) is 21.6 Å². The van der Waals surface area contributed by atoms with Gasteiger partial charge in [-0.25, -0.2) is 9.38 Å². The van der Waals surface area contributed by atoms with Crippen LogP contribution in [0.15, 0.2) is 27.7 Å². The summed E-state index contributed by atoms with van der Waals surface area (Å²) in [4.78, 5) is 4.22. The first-order chi connectivity index (χ1) is 11.4. The molecule has 0 radical (unpaired) electrons. The van der Waals surface area contributed by atoms with Crippen molar-refractivity contribution in [1.29, 1.82) is 10.5 Å². The van der Waals surface area contributed by atoms with Crippen molar-refractivity contribution < 1.29 is 13.9 Å². The van der Waals surface area contributed by atoms with E-state index in [-0.39, 0.29) is 23.0 Å². The van der Waals surface area contributed by atoms with Crippen molar-refractivity contribution >= 4 is 21.8 Å². The number of aliphatic imine (C=N–C) groups is 1. The highest BCUT2D eigenvalue weighted by Crippen LogP contribution is 2.82. The minimum Gasteiger partial charge on any atom is -0.386 e.